The van der Waals surface area contributed by atoms with Crippen LogP contribution in [0.15, 0.2) is 11.6 Å². The number of fused-ring (bicyclic) bond motifs is 3. The van der Waals surface area contributed by atoms with Crippen LogP contribution in [0.2, 0.25) is 0 Å². The molecule has 2 aliphatic heterocycles. The van der Waals surface area contributed by atoms with Gasteiger partial charge in [-0.2, -0.15) is 0 Å². The van der Waals surface area contributed by atoms with Crippen molar-refractivity contribution in [3.8, 4) is 0 Å². The van der Waals surface area contributed by atoms with E-state index in [2.05, 4.69) is 25.2 Å². The van der Waals surface area contributed by atoms with E-state index in [1.807, 2.05) is 0 Å². The van der Waals surface area contributed by atoms with E-state index in [4.69, 9.17) is 9.47 Å². The number of rotatable bonds is 4. The third-order valence-corrected chi connectivity index (χ3v) is 5.48. The Hall–Kier alpha value is -1.20. The highest BCUT2D eigenvalue weighted by atomic mass is 16.6. The summed E-state index contributed by atoms with van der Waals surface area (Å²) in [5.74, 6) is -0.0826. The highest BCUT2D eigenvalue weighted by Crippen LogP contribution is 2.50. The molecule has 0 saturated carbocycles. The molecule has 5 nitrogen and oxygen atoms in total. The number of hydrogen-bond donors (Lipinski definition) is 1. The molecule has 0 radical (unpaired) electrons. The normalized spacial score (nSPS) is 42.0. The van der Waals surface area contributed by atoms with Gasteiger partial charge >= 0.3 is 5.97 Å². The lowest BCUT2D eigenvalue weighted by Gasteiger charge is -2.22. The molecule has 0 aromatic rings. The molecular formula is C18H27NO4. The lowest BCUT2D eigenvalue weighted by Crippen LogP contribution is -2.35. The van der Waals surface area contributed by atoms with Gasteiger partial charge < -0.3 is 14.8 Å². The van der Waals surface area contributed by atoms with Crippen LogP contribution in [0.3, 0.4) is 0 Å². The van der Waals surface area contributed by atoms with Crippen molar-refractivity contribution >= 4 is 11.8 Å². The molecule has 0 amide bonds. The van der Waals surface area contributed by atoms with Gasteiger partial charge in [0.05, 0.1) is 18.1 Å². The first-order valence-corrected chi connectivity index (χ1v) is 8.65. The third kappa shape index (κ3) is 3.50. The van der Waals surface area contributed by atoms with Crippen LogP contribution in [0.25, 0.3) is 0 Å². The molecule has 0 spiro atoms. The molecule has 5 atom stereocenters. The minimum Gasteiger partial charge on any atom is -0.459 e. The SMILES string of the molecule is CC(=O)CNCC1C(=O)O[C@H]2[C@H]1CC/C(C)=C/CC[C@@]1(C)O[C@@H]21. The second kappa shape index (κ2) is 6.36. The number of epoxide rings is 1. The van der Waals surface area contributed by atoms with Gasteiger partial charge in [-0.05, 0) is 46.5 Å². The van der Waals surface area contributed by atoms with Gasteiger partial charge in [-0.25, -0.2) is 0 Å². The second-order valence-corrected chi connectivity index (χ2v) is 7.48. The van der Waals surface area contributed by atoms with Crippen LogP contribution in [0.1, 0.15) is 46.5 Å². The molecule has 0 aromatic heterocycles. The Balaban J connectivity index is 1.73. The molecule has 0 aromatic carbocycles. The first-order chi connectivity index (χ1) is 10.9. The van der Waals surface area contributed by atoms with Crippen molar-refractivity contribution in [2.24, 2.45) is 11.8 Å². The van der Waals surface area contributed by atoms with E-state index < -0.39 is 0 Å². The van der Waals surface area contributed by atoms with Crippen molar-refractivity contribution < 1.29 is 19.1 Å². The number of allylic oxidation sites excluding steroid dienone is 2. The predicted molar refractivity (Wildman–Crippen MR) is 85.9 cm³/mol. The molecule has 2 heterocycles. The number of ether oxygens (including phenoxy) is 2. The monoisotopic (exact) mass is 321 g/mol. The summed E-state index contributed by atoms with van der Waals surface area (Å²) in [5, 5.41) is 3.10. The van der Waals surface area contributed by atoms with Gasteiger partial charge in [0.25, 0.3) is 0 Å². The van der Waals surface area contributed by atoms with Crippen LogP contribution < -0.4 is 5.32 Å². The maximum absolute atomic E-state index is 12.3. The zero-order valence-corrected chi connectivity index (χ0v) is 14.3. The Morgan fingerprint density at radius 2 is 2.26 bits per heavy atom. The van der Waals surface area contributed by atoms with E-state index in [1.54, 1.807) is 6.92 Å². The van der Waals surface area contributed by atoms with E-state index in [9.17, 15) is 9.59 Å². The molecule has 5 heteroatoms. The smallest absolute Gasteiger partial charge is 0.311 e. The standard InChI is InChI=1S/C18H27NO4/c1-11-5-4-8-18(3)16(23-18)15-13(7-6-11)14(17(21)22-15)10-19-9-12(2)20/h5,13-16,19H,4,6-10H2,1-3H3/b11-5+/t13-,14?,15-,16-,18+/m0/s1. The minimum atomic E-state index is -0.181. The zero-order chi connectivity index (χ0) is 16.6. The fourth-order valence-corrected chi connectivity index (χ4v) is 3.98. The van der Waals surface area contributed by atoms with Gasteiger partial charge in [-0.15, -0.1) is 0 Å². The van der Waals surface area contributed by atoms with Crippen molar-refractivity contribution in [3.05, 3.63) is 11.6 Å². The Labute approximate surface area is 137 Å². The van der Waals surface area contributed by atoms with Gasteiger partial charge in [0, 0.05) is 12.5 Å². The molecule has 3 aliphatic rings. The van der Waals surface area contributed by atoms with Crippen LogP contribution in [0.5, 0.6) is 0 Å². The molecular weight excluding hydrogens is 294 g/mol. The van der Waals surface area contributed by atoms with E-state index in [0.29, 0.717) is 13.1 Å². The average Bonchev–Trinajstić information content (AvgIpc) is 3.04. The Kier molecular flexibility index (Phi) is 4.61. The molecule has 128 valence electrons. The quantitative estimate of drug-likeness (QED) is 0.487. The second-order valence-electron chi connectivity index (χ2n) is 7.48. The zero-order valence-electron chi connectivity index (χ0n) is 14.3. The largest absolute Gasteiger partial charge is 0.459 e. The van der Waals surface area contributed by atoms with Crippen molar-refractivity contribution in [1.82, 2.24) is 5.32 Å². The van der Waals surface area contributed by atoms with Crippen LogP contribution >= 0.6 is 0 Å². The van der Waals surface area contributed by atoms with Crippen LogP contribution in [0, 0.1) is 11.8 Å². The summed E-state index contributed by atoms with van der Waals surface area (Å²) < 4.78 is 11.7. The Morgan fingerprint density at radius 1 is 1.48 bits per heavy atom. The molecule has 2 fully saturated rings. The first-order valence-electron chi connectivity index (χ1n) is 8.65. The van der Waals surface area contributed by atoms with E-state index in [-0.39, 0.29) is 41.4 Å². The van der Waals surface area contributed by atoms with Crippen LogP contribution in [0.4, 0.5) is 0 Å². The first kappa shape index (κ1) is 16.7. The summed E-state index contributed by atoms with van der Waals surface area (Å²) >= 11 is 0. The van der Waals surface area contributed by atoms with Gasteiger partial charge in [0.2, 0.25) is 0 Å². The van der Waals surface area contributed by atoms with E-state index in [0.717, 1.165) is 25.7 Å². The number of hydrogen-bond acceptors (Lipinski definition) is 5. The Morgan fingerprint density at radius 3 is 3.00 bits per heavy atom. The van der Waals surface area contributed by atoms with Crippen molar-refractivity contribution in [2.45, 2.75) is 64.3 Å². The molecule has 3 rings (SSSR count). The van der Waals surface area contributed by atoms with Crippen molar-refractivity contribution in [2.75, 3.05) is 13.1 Å². The number of carbonyl (C=O) groups is 2. The van der Waals surface area contributed by atoms with Gasteiger partial charge in [-0.3, -0.25) is 9.59 Å². The summed E-state index contributed by atoms with van der Waals surface area (Å²) in [6, 6.07) is 0. The van der Waals surface area contributed by atoms with Crippen LogP contribution in [-0.2, 0) is 19.1 Å². The summed E-state index contributed by atoms with van der Waals surface area (Å²) in [6.07, 6.45) is 6.11. The lowest BCUT2D eigenvalue weighted by molar-refractivity contribution is -0.144. The molecule has 1 aliphatic carbocycles. The van der Waals surface area contributed by atoms with Crippen LogP contribution in [-0.4, -0.2) is 42.7 Å². The fourth-order valence-electron chi connectivity index (χ4n) is 3.98. The summed E-state index contributed by atoms with van der Waals surface area (Å²) in [6.45, 7) is 6.63. The molecule has 1 N–H and O–H groups in total. The maximum atomic E-state index is 12.3. The number of esters is 1. The fraction of sp³-hybridized carbons (Fsp3) is 0.778. The summed E-state index contributed by atoms with van der Waals surface area (Å²) in [5.41, 5.74) is 1.22. The van der Waals surface area contributed by atoms with Crippen molar-refractivity contribution in [3.63, 3.8) is 0 Å². The molecule has 23 heavy (non-hydrogen) atoms. The topological polar surface area (TPSA) is 67.9 Å². The third-order valence-electron chi connectivity index (χ3n) is 5.48. The lowest BCUT2D eigenvalue weighted by atomic mass is 9.80. The highest BCUT2D eigenvalue weighted by Gasteiger charge is 2.62. The highest BCUT2D eigenvalue weighted by molar-refractivity contribution is 5.78. The number of carbonyl (C=O) groups excluding carboxylic acids is 2. The van der Waals surface area contributed by atoms with Gasteiger partial charge in [0.1, 0.15) is 18.0 Å². The van der Waals surface area contributed by atoms with Crippen molar-refractivity contribution in [1.29, 1.82) is 0 Å². The summed E-state index contributed by atoms with van der Waals surface area (Å²) in [4.78, 5) is 23.4. The van der Waals surface area contributed by atoms with E-state index >= 15 is 0 Å². The van der Waals surface area contributed by atoms with E-state index in [1.165, 1.54) is 5.57 Å². The number of nitrogens with one attached hydrogen (secondary N) is 1. The van der Waals surface area contributed by atoms with Gasteiger partial charge in [0.15, 0.2) is 0 Å². The van der Waals surface area contributed by atoms with Gasteiger partial charge in [-0.1, -0.05) is 11.6 Å². The molecule has 1 unspecified atom stereocenters. The predicted octanol–water partition coefficient (Wildman–Crippen LogP) is 2.00. The maximum Gasteiger partial charge on any atom is 0.311 e. The molecule has 0 bridgehead atoms. The number of ketones is 1. The molecule has 2 saturated heterocycles. The summed E-state index contributed by atoms with van der Waals surface area (Å²) in [7, 11) is 0. The number of Topliss-reactive ketones (excluding diaryl/α,β-unsaturated/α-hetero) is 1. The Bertz CT molecular complexity index is 529. The average molecular weight is 321 g/mol. The minimum absolute atomic E-state index is 0.0288.